The average Bonchev–Trinajstić information content (AvgIpc) is 2.68. The van der Waals surface area contributed by atoms with Crippen LogP contribution < -0.4 is 5.32 Å². The number of benzene rings is 1. The first-order chi connectivity index (χ1) is 8.16. The summed E-state index contributed by atoms with van der Waals surface area (Å²) in [5, 5.41) is 22.8. The van der Waals surface area contributed by atoms with Crippen molar-refractivity contribution < 1.29 is 9.90 Å². The molecular weight excluding hydrogens is 222 g/mol. The van der Waals surface area contributed by atoms with Gasteiger partial charge in [-0.1, -0.05) is 12.1 Å². The molecule has 17 heavy (non-hydrogen) atoms. The molecule has 0 spiro atoms. The summed E-state index contributed by atoms with van der Waals surface area (Å²) in [7, 11) is 1.66. The minimum atomic E-state index is -0.288. The molecule has 1 amide bonds. The lowest BCUT2D eigenvalue weighted by atomic mass is 10.3. The Labute approximate surface area is 97.1 Å². The maximum Gasteiger partial charge on any atom is 0.232 e. The number of anilines is 1. The van der Waals surface area contributed by atoms with Crippen LogP contribution in [0.3, 0.4) is 0 Å². The van der Waals surface area contributed by atoms with Crippen LogP contribution in [0, 0.1) is 0 Å². The number of para-hydroxylation sites is 2. The standard InChI is InChI=1S/C10H11N5O2/c1-15-9(12-13-14-15)6-10(17)11-7-4-2-3-5-8(7)16/h2-5,16H,6H2,1H3,(H,11,17). The van der Waals surface area contributed by atoms with E-state index in [9.17, 15) is 9.90 Å². The van der Waals surface area contributed by atoms with Crippen molar-refractivity contribution in [3.05, 3.63) is 30.1 Å². The van der Waals surface area contributed by atoms with E-state index < -0.39 is 0 Å². The summed E-state index contributed by atoms with van der Waals surface area (Å²) in [6.45, 7) is 0. The summed E-state index contributed by atoms with van der Waals surface area (Å²) in [5.74, 6) is 0.194. The summed E-state index contributed by atoms with van der Waals surface area (Å²) in [4.78, 5) is 11.7. The number of aromatic hydroxyl groups is 1. The Morgan fingerprint density at radius 3 is 2.88 bits per heavy atom. The third-order valence-electron chi connectivity index (χ3n) is 2.20. The second-order valence-electron chi connectivity index (χ2n) is 3.46. The fourth-order valence-corrected chi connectivity index (χ4v) is 1.32. The lowest BCUT2D eigenvalue weighted by Gasteiger charge is -2.05. The second kappa shape index (κ2) is 4.60. The first-order valence-corrected chi connectivity index (χ1v) is 4.96. The Morgan fingerprint density at radius 2 is 2.24 bits per heavy atom. The smallest absolute Gasteiger partial charge is 0.232 e. The predicted octanol–water partition coefficient (Wildman–Crippen LogP) is 0.0969. The van der Waals surface area contributed by atoms with Crippen LogP contribution in [0.25, 0.3) is 0 Å². The van der Waals surface area contributed by atoms with Gasteiger partial charge in [-0.2, -0.15) is 0 Å². The van der Waals surface area contributed by atoms with Crippen LogP contribution in [-0.2, 0) is 18.3 Å². The number of hydrogen-bond acceptors (Lipinski definition) is 5. The molecule has 1 heterocycles. The number of rotatable bonds is 3. The highest BCUT2D eigenvalue weighted by Gasteiger charge is 2.10. The lowest BCUT2D eigenvalue weighted by molar-refractivity contribution is -0.115. The van der Waals surface area contributed by atoms with Crippen LogP contribution in [0.5, 0.6) is 5.75 Å². The first kappa shape index (κ1) is 11.1. The highest BCUT2D eigenvalue weighted by molar-refractivity contribution is 5.93. The molecule has 2 N–H and O–H groups in total. The van der Waals surface area contributed by atoms with E-state index in [1.165, 1.54) is 10.7 Å². The molecule has 0 fully saturated rings. The van der Waals surface area contributed by atoms with E-state index in [0.717, 1.165) is 0 Å². The number of carbonyl (C=O) groups is 1. The molecule has 7 nitrogen and oxygen atoms in total. The molecule has 88 valence electrons. The van der Waals surface area contributed by atoms with Gasteiger partial charge in [0.05, 0.1) is 12.1 Å². The van der Waals surface area contributed by atoms with Gasteiger partial charge in [0.1, 0.15) is 5.75 Å². The van der Waals surface area contributed by atoms with Crippen molar-refractivity contribution in [1.29, 1.82) is 0 Å². The topological polar surface area (TPSA) is 92.9 Å². The summed E-state index contributed by atoms with van der Waals surface area (Å²) < 4.78 is 1.42. The third-order valence-corrected chi connectivity index (χ3v) is 2.20. The predicted molar refractivity (Wildman–Crippen MR) is 59.2 cm³/mol. The summed E-state index contributed by atoms with van der Waals surface area (Å²) in [5.41, 5.74) is 0.368. The maximum atomic E-state index is 11.7. The summed E-state index contributed by atoms with van der Waals surface area (Å²) in [6.07, 6.45) is 0.0534. The van der Waals surface area contributed by atoms with Crippen LogP contribution in [0.1, 0.15) is 5.82 Å². The van der Waals surface area contributed by atoms with Crippen molar-refractivity contribution in [1.82, 2.24) is 20.2 Å². The van der Waals surface area contributed by atoms with Gasteiger partial charge >= 0.3 is 0 Å². The molecule has 0 saturated heterocycles. The number of phenolic OH excluding ortho intramolecular Hbond substituents is 1. The lowest BCUT2D eigenvalue weighted by Crippen LogP contribution is -2.17. The van der Waals surface area contributed by atoms with Gasteiger partial charge in [-0.25, -0.2) is 4.68 Å². The molecule has 0 bridgehead atoms. The van der Waals surface area contributed by atoms with Crippen LogP contribution in [-0.4, -0.2) is 31.2 Å². The van der Waals surface area contributed by atoms with E-state index in [2.05, 4.69) is 20.8 Å². The van der Waals surface area contributed by atoms with Gasteiger partial charge in [-0.15, -0.1) is 5.10 Å². The molecule has 0 saturated carbocycles. The van der Waals surface area contributed by atoms with Gasteiger partial charge in [-0.05, 0) is 22.6 Å². The number of nitrogens with one attached hydrogen (secondary N) is 1. The molecular formula is C10H11N5O2. The number of aryl methyl sites for hydroxylation is 1. The fourth-order valence-electron chi connectivity index (χ4n) is 1.32. The van der Waals surface area contributed by atoms with Crippen LogP contribution in [0.2, 0.25) is 0 Å². The van der Waals surface area contributed by atoms with Gasteiger partial charge in [-0.3, -0.25) is 4.79 Å². The van der Waals surface area contributed by atoms with Crippen LogP contribution >= 0.6 is 0 Å². The highest BCUT2D eigenvalue weighted by Crippen LogP contribution is 2.21. The number of carbonyl (C=O) groups excluding carboxylic acids is 1. The van der Waals surface area contributed by atoms with E-state index in [-0.39, 0.29) is 18.1 Å². The first-order valence-electron chi connectivity index (χ1n) is 4.96. The molecule has 1 aromatic carbocycles. The normalized spacial score (nSPS) is 10.2. The zero-order valence-electron chi connectivity index (χ0n) is 9.16. The number of aromatic nitrogens is 4. The van der Waals surface area contributed by atoms with Crippen molar-refractivity contribution >= 4 is 11.6 Å². The monoisotopic (exact) mass is 233 g/mol. The van der Waals surface area contributed by atoms with Gasteiger partial charge in [0.25, 0.3) is 0 Å². The van der Waals surface area contributed by atoms with Gasteiger partial charge < -0.3 is 10.4 Å². The summed E-state index contributed by atoms with van der Waals surface area (Å²) >= 11 is 0. The van der Waals surface area contributed by atoms with Crippen molar-refractivity contribution in [3.63, 3.8) is 0 Å². The average molecular weight is 233 g/mol. The quantitative estimate of drug-likeness (QED) is 0.733. The van der Waals surface area contributed by atoms with Gasteiger partial charge in [0.2, 0.25) is 5.91 Å². The number of amides is 1. The van der Waals surface area contributed by atoms with Crippen molar-refractivity contribution in [2.75, 3.05) is 5.32 Å². The SMILES string of the molecule is Cn1nnnc1CC(=O)Nc1ccccc1O. The molecule has 0 unspecified atom stereocenters. The Morgan fingerprint density at radius 1 is 1.47 bits per heavy atom. The van der Waals surface area contributed by atoms with E-state index in [1.54, 1.807) is 25.2 Å². The second-order valence-corrected chi connectivity index (χ2v) is 3.46. The fraction of sp³-hybridized carbons (Fsp3) is 0.200. The number of nitrogens with zero attached hydrogens (tertiary/aromatic N) is 4. The minimum absolute atomic E-state index is 0.0249. The molecule has 7 heteroatoms. The molecule has 1 aromatic heterocycles. The molecule has 0 radical (unpaired) electrons. The van der Waals surface area contributed by atoms with Crippen molar-refractivity contribution in [3.8, 4) is 5.75 Å². The van der Waals surface area contributed by atoms with Crippen LogP contribution in [0.4, 0.5) is 5.69 Å². The highest BCUT2D eigenvalue weighted by atomic mass is 16.3. The van der Waals surface area contributed by atoms with E-state index in [0.29, 0.717) is 11.5 Å². The number of hydrogen-bond donors (Lipinski definition) is 2. The Balaban J connectivity index is 2.03. The van der Waals surface area contributed by atoms with Crippen LogP contribution in [0.15, 0.2) is 24.3 Å². The molecule has 2 aromatic rings. The molecule has 2 rings (SSSR count). The number of phenols is 1. The maximum absolute atomic E-state index is 11.7. The molecule has 0 aliphatic carbocycles. The van der Waals surface area contributed by atoms with Crippen molar-refractivity contribution in [2.45, 2.75) is 6.42 Å². The van der Waals surface area contributed by atoms with Gasteiger partial charge in [0, 0.05) is 7.05 Å². The van der Waals surface area contributed by atoms with E-state index >= 15 is 0 Å². The Hall–Kier alpha value is -2.44. The minimum Gasteiger partial charge on any atom is -0.506 e. The Bertz CT molecular complexity index is 537. The van der Waals surface area contributed by atoms with E-state index in [1.807, 2.05) is 0 Å². The molecule has 0 aliphatic heterocycles. The molecule has 0 atom stereocenters. The summed E-state index contributed by atoms with van der Waals surface area (Å²) in [6, 6.07) is 6.51. The number of tetrazole rings is 1. The van der Waals surface area contributed by atoms with Crippen molar-refractivity contribution in [2.24, 2.45) is 7.05 Å². The Kier molecular flexibility index (Phi) is 2.99. The zero-order valence-corrected chi connectivity index (χ0v) is 9.16. The third kappa shape index (κ3) is 2.57. The largest absolute Gasteiger partial charge is 0.506 e. The molecule has 0 aliphatic rings. The zero-order chi connectivity index (χ0) is 12.3. The van der Waals surface area contributed by atoms with Gasteiger partial charge in [0.15, 0.2) is 5.82 Å². The van der Waals surface area contributed by atoms with E-state index in [4.69, 9.17) is 0 Å².